The lowest BCUT2D eigenvalue weighted by atomic mass is 10.1. The van der Waals surface area contributed by atoms with Crippen LogP contribution in [0.3, 0.4) is 0 Å². The highest BCUT2D eigenvalue weighted by Gasteiger charge is 2.33. The topological polar surface area (TPSA) is 49.4 Å². The fraction of sp³-hybridized carbons (Fsp3) is 0.538. The minimum atomic E-state index is -0.321. The van der Waals surface area contributed by atoms with E-state index in [1.807, 2.05) is 12.3 Å². The molecule has 2 amide bonds. The molecular weight excluding hydrogens is 248 g/mol. The smallest absolute Gasteiger partial charge is 0.243 e. The van der Waals surface area contributed by atoms with Gasteiger partial charge in [-0.05, 0) is 29.9 Å². The summed E-state index contributed by atoms with van der Waals surface area (Å²) in [6.45, 7) is 4.73. The van der Waals surface area contributed by atoms with Gasteiger partial charge in [-0.25, -0.2) is 0 Å². The van der Waals surface area contributed by atoms with Crippen LogP contribution in [0, 0.1) is 0 Å². The van der Waals surface area contributed by atoms with Gasteiger partial charge in [0.1, 0.15) is 6.04 Å². The molecule has 4 nitrogen and oxygen atoms in total. The number of carbonyl (C=O) groups is 2. The summed E-state index contributed by atoms with van der Waals surface area (Å²) >= 11 is 1.66. The van der Waals surface area contributed by atoms with Gasteiger partial charge in [0.15, 0.2) is 0 Å². The molecule has 1 atom stereocenters. The predicted octanol–water partition coefficient (Wildman–Crippen LogP) is 1.55. The van der Waals surface area contributed by atoms with E-state index in [1.54, 1.807) is 16.2 Å². The van der Waals surface area contributed by atoms with E-state index in [-0.39, 0.29) is 24.4 Å². The van der Waals surface area contributed by atoms with Crippen molar-refractivity contribution in [2.24, 2.45) is 0 Å². The zero-order chi connectivity index (χ0) is 13.1. The molecule has 1 saturated heterocycles. The van der Waals surface area contributed by atoms with E-state index >= 15 is 0 Å². The molecular formula is C13H18N2O2S. The minimum Gasteiger partial charge on any atom is -0.345 e. The lowest BCUT2D eigenvalue weighted by molar-refractivity contribution is -0.146. The second-order valence-electron chi connectivity index (χ2n) is 4.39. The van der Waals surface area contributed by atoms with Crippen molar-refractivity contribution in [1.82, 2.24) is 10.2 Å². The van der Waals surface area contributed by atoms with Crippen molar-refractivity contribution in [2.75, 3.05) is 6.54 Å². The van der Waals surface area contributed by atoms with Gasteiger partial charge in [-0.15, -0.1) is 11.3 Å². The highest BCUT2D eigenvalue weighted by atomic mass is 32.1. The molecule has 2 rings (SSSR count). The quantitative estimate of drug-likeness (QED) is 0.899. The molecule has 0 aliphatic carbocycles. The summed E-state index contributed by atoms with van der Waals surface area (Å²) in [7, 11) is 0. The summed E-state index contributed by atoms with van der Waals surface area (Å²) in [6.07, 6.45) is 1.62. The monoisotopic (exact) mass is 266 g/mol. The molecule has 1 aliphatic heterocycles. The number of carbonyl (C=O) groups excluding carboxylic acids is 2. The van der Waals surface area contributed by atoms with Gasteiger partial charge in [0.05, 0.1) is 13.1 Å². The minimum absolute atomic E-state index is 0.0110. The van der Waals surface area contributed by atoms with E-state index < -0.39 is 0 Å². The Balaban J connectivity index is 2.19. The van der Waals surface area contributed by atoms with Crippen LogP contribution in [-0.4, -0.2) is 29.3 Å². The standard InChI is InChI=1S/C13H18N2O2S/c1-3-9-5-6-18-11(9)8-15-10(4-2)13(17)14-7-12(15)16/h5-6,10H,3-4,7-8H2,1-2H3,(H,14,17). The van der Waals surface area contributed by atoms with Crippen LogP contribution in [0.1, 0.15) is 30.7 Å². The molecule has 18 heavy (non-hydrogen) atoms. The van der Waals surface area contributed by atoms with Gasteiger partial charge in [-0.3, -0.25) is 9.59 Å². The Morgan fingerprint density at radius 3 is 2.89 bits per heavy atom. The molecule has 5 heteroatoms. The van der Waals surface area contributed by atoms with Gasteiger partial charge >= 0.3 is 0 Å². The summed E-state index contributed by atoms with van der Waals surface area (Å²) < 4.78 is 0. The largest absolute Gasteiger partial charge is 0.345 e. The fourth-order valence-corrected chi connectivity index (χ4v) is 3.25. The first-order valence-corrected chi connectivity index (χ1v) is 7.17. The molecule has 98 valence electrons. The maximum atomic E-state index is 12.0. The molecule has 1 N–H and O–H groups in total. The lowest BCUT2D eigenvalue weighted by Gasteiger charge is -2.34. The van der Waals surface area contributed by atoms with Gasteiger partial charge in [0, 0.05) is 4.88 Å². The van der Waals surface area contributed by atoms with Crippen LogP contribution in [0.5, 0.6) is 0 Å². The van der Waals surface area contributed by atoms with Gasteiger partial charge in [-0.1, -0.05) is 13.8 Å². The van der Waals surface area contributed by atoms with Gasteiger partial charge in [0.2, 0.25) is 11.8 Å². The second kappa shape index (κ2) is 5.52. The number of amides is 2. The highest BCUT2D eigenvalue weighted by molar-refractivity contribution is 7.10. The third kappa shape index (κ3) is 2.41. The zero-order valence-corrected chi connectivity index (χ0v) is 11.5. The lowest BCUT2D eigenvalue weighted by Crippen LogP contribution is -2.57. The van der Waals surface area contributed by atoms with Crippen molar-refractivity contribution in [3.8, 4) is 0 Å². The molecule has 1 unspecified atom stereocenters. The Kier molecular flexibility index (Phi) is 4.01. The van der Waals surface area contributed by atoms with Crippen molar-refractivity contribution < 1.29 is 9.59 Å². The third-order valence-electron chi connectivity index (χ3n) is 3.33. The number of piperazine rings is 1. The Labute approximate surface area is 111 Å². The number of thiophene rings is 1. The molecule has 2 heterocycles. The number of nitrogens with one attached hydrogen (secondary N) is 1. The number of aryl methyl sites for hydroxylation is 1. The van der Waals surface area contributed by atoms with Gasteiger partial charge in [-0.2, -0.15) is 0 Å². The first kappa shape index (κ1) is 13.1. The maximum absolute atomic E-state index is 12.0. The van der Waals surface area contributed by atoms with Crippen LogP contribution in [0.15, 0.2) is 11.4 Å². The summed E-state index contributed by atoms with van der Waals surface area (Å²) in [5, 5.41) is 4.69. The molecule has 1 aromatic heterocycles. The SMILES string of the molecule is CCc1ccsc1CN1C(=O)CNC(=O)C1CC. The van der Waals surface area contributed by atoms with Gasteiger partial charge in [0.25, 0.3) is 0 Å². The Hall–Kier alpha value is -1.36. The van der Waals surface area contributed by atoms with Crippen LogP contribution < -0.4 is 5.32 Å². The van der Waals surface area contributed by atoms with Crippen molar-refractivity contribution in [2.45, 2.75) is 39.3 Å². The van der Waals surface area contributed by atoms with Gasteiger partial charge < -0.3 is 10.2 Å². The normalized spacial score (nSPS) is 20.1. The van der Waals surface area contributed by atoms with Crippen molar-refractivity contribution in [3.63, 3.8) is 0 Å². The summed E-state index contributed by atoms with van der Waals surface area (Å²) in [5.41, 5.74) is 1.27. The Morgan fingerprint density at radius 2 is 2.22 bits per heavy atom. The zero-order valence-electron chi connectivity index (χ0n) is 10.7. The summed E-state index contributed by atoms with van der Waals surface area (Å²) in [4.78, 5) is 26.6. The summed E-state index contributed by atoms with van der Waals surface area (Å²) in [5.74, 6) is -0.0244. The van der Waals surface area contributed by atoms with Crippen LogP contribution in [0.4, 0.5) is 0 Å². The highest BCUT2D eigenvalue weighted by Crippen LogP contribution is 2.22. The molecule has 0 aromatic carbocycles. The Morgan fingerprint density at radius 1 is 1.44 bits per heavy atom. The van der Waals surface area contributed by atoms with Crippen LogP contribution in [-0.2, 0) is 22.6 Å². The molecule has 0 saturated carbocycles. The maximum Gasteiger partial charge on any atom is 0.243 e. The first-order chi connectivity index (χ1) is 8.67. The van der Waals surface area contributed by atoms with Crippen molar-refractivity contribution in [3.05, 3.63) is 21.9 Å². The summed E-state index contributed by atoms with van der Waals surface area (Å²) in [6, 6.07) is 1.77. The fourth-order valence-electron chi connectivity index (χ4n) is 2.28. The van der Waals surface area contributed by atoms with Crippen LogP contribution in [0.2, 0.25) is 0 Å². The van der Waals surface area contributed by atoms with E-state index in [0.717, 1.165) is 6.42 Å². The molecule has 0 spiro atoms. The molecule has 1 aliphatic rings. The van der Waals surface area contributed by atoms with Crippen molar-refractivity contribution >= 4 is 23.2 Å². The molecule has 0 bridgehead atoms. The second-order valence-corrected chi connectivity index (χ2v) is 5.39. The number of nitrogens with zero attached hydrogens (tertiary/aromatic N) is 1. The van der Waals surface area contributed by atoms with E-state index in [4.69, 9.17) is 0 Å². The van der Waals surface area contributed by atoms with Crippen LogP contribution >= 0.6 is 11.3 Å². The van der Waals surface area contributed by atoms with E-state index in [0.29, 0.717) is 13.0 Å². The molecule has 1 aromatic rings. The van der Waals surface area contributed by atoms with E-state index in [1.165, 1.54) is 10.4 Å². The number of rotatable bonds is 4. The Bertz CT molecular complexity index is 456. The molecule has 0 radical (unpaired) electrons. The van der Waals surface area contributed by atoms with E-state index in [9.17, 15) is 9.59 Å². The third-order valence-corrected chi connectivity index (χ3v) is 4.28. The van der Waals surface area contributed by atoms with Crippen LogP contribution in [0.25, 0.3) is 0 Å². The molecule has 1 fully saturated rings. The number of hydrogen-bond donors (Lipinski definition) is 1. The van der Waals surface area contributed by atoms with E-state index in [2.05, 4.69) is 18.3 Å². The number of hydrogen-bond acceptors (Lipinski definition) is 3. The average Bonchev–Trinajstić information content (AvgIpc) is 2.81. The van der Waals surface area contributed by atoms with Crippen molar-refractivity contribution in [1.29, 1.82) is 0 Å². The predicted molar refractivity (Wildman–Crippen MR) is 71.3 cm³/mol. The average molecular weight is 266 g/mol. The first-order valence-electron chi connectivity index (χ1n) is 6.29.